The molecule has 1 N–H and O–H groups in total. The Labute approximate surface area is 57.2 Å². The summed E-state index contributed by atoms with van der Waals surface area (Å²) in [5.74, 6) is 0. The van der Waals surface area contributed by atoms with E-state index in [1.807, 2.05) is 7.05 Å². The summed E-state index contributed by atoms with van der Waals surface area (Å²) in [6.07, 6.45) is 1.29. The molecule has 0 amide bonds. The average Bonchev–Trinajstić information content (AvgIpc) is 2.50. The maximum Gasteiger partial charge on any atom is 0.0348 e. The third-order valence-corrected chi connectivity index (χ3v) is 1.78. The summed E-state index contributed by atoms with van der Waals surface area (Å²) < 4.78 is 0. The predicted octanol–water partition coefficient (Wildman–Crippen LogP) is 0.300. The first-order chi connectivity index (χ1) is 4.38. The number of hydrogen-bond donors (Lipinski definition) is 1. The van der Waals surface area contributed by atoms with E-state index in [0.29, 0.717) is 0 Å². The highest BCUT2D eigenvalue weighted by atomic mass is 15.3. The Morgan fingerprint density at radius 1 is 1.67 bits per heavy atom. The Kier molecular flexibility index (Phi) is 2.49. The first-order valence-electron chi connectivity index (χ1n) is 3.77. The lowest BCUT2D eigenvalue weighted by atomic mass is 10.4. The second-order valence-corrected chi connectivity index (χ2v) is 2.71. The van der Waals surface area contributed by atoms with Crippen LogP contribution in [-0.2, 0) is 0 Å². The summed E-state index contributed by atoms with van der Waals surface area (Å²) in [6.45, 7) is 6.00. The van der Waals surface area contributed by atoms with Gasteiger partial charge < -0.3 is 5.32 Å². The number of nitrogens with one attached hydrogen (secondary N) is 1. The molecule has 1 fully saturated rings. The van der Waals surface area contributed by atoms with Crippen molar-refractivity contribution in [1.29, 1.82) is 0 Å². The van der Waals surface area contributed by atoms with Gasteiger partial charge in [-0.3, -0.25) is 4.90 Å². The fourth-order valence-corrected chi connectivity index (χ4v) is 1.21. The quantitative estimate of drug-likeness (QED) is 0.548. The van der Waals surface area contributed by atoms with E-state index in [4.69, 9.17) is 0 Å². The van der Waals surface area contributed by atoms with Gasteiger partial charge in [-0.2, -0.15) is 0 Å². The minimum absolute atomic E-state index is 0.856. The van der Waals surface area contributed by atoms with Crippen LogP contribution >= 0.6 is 0 Å². The van der Waals surface area contributed by atoms with Crippen molar-refractivity contribution in [3.63, 3.8) is 0 Å². The van der Waals surface area contributed by atoms with Crippen LogP contribution in [0.1, 0.15) is 13.3 Å². The molecule has 0 saturated carbocycles. The molecule has 0 bridgehead atoms. The van der Waals surface area contributed by atoms with Crippen molar-refractivity contribution in [1.82, 2.24) is 10.2 Å². The van der Waals surface area contributed by atoms with Gasteiger partial charge in [0, 0.05) is 19.1 Å². The fourth-order valence-electron chi connectivity index (χ4n) is 1.21. The molecule has 0 spiro atoms. The Bertz CT molecular complexity index is 73.0. The molecular formula is C7H16N2. The zero-order valence-corrected chi connectivity index (χ0v) is 6.35. The van der Waals surface area contributed by atoms with E-state index in [-0.39, 0.29) is 0 Å². The third kappa shape index (κ3) is 1.95. The molecule has 0 radical (unpaired) electrons. The number of nitrogens with zero attached hydrogens (tertiary/aromatic N) is 1. The molecule has 1 aliphatic heterocycles. The molecule has 2 unspecified atom stereocenters. The highest BCUT2D eigenvalue weighted by Crippen LogP contribution is 2.15. The molecule has 1 aliphatic rings. The van der Waals surface area contributed by atoms with Gasteiger partial charge in [0.1, 0.15) is 0 Å². The SMILES string of the molecule is CCCN1CC1CNC. The summed E-state index contributed by atoms with van der Waals surface area (Å²) in [6, 6.07) is 0.856. The number of likely N-dealkylation sites (N-methyl/N-ethyl adjacent to an activating group) is 1. The van der Waals surface area contributed by atoms with Gasteiger partial charge in [0.05, 0.1) is 0 Å². The number of rotatable bonds is 4. The van der Waals surface area contributed by atoms with Crippen LogP contribution in [0.3, 0.4) is 0 Å². The summed E-state index contributed by atoms with van der Waals surface area (Å²) in [5, 5.41) is 3.18. The zero-order chi connectivity index (χ0) is 6.69. The Morgan fingerprint density at radius 3 is 3.00 bits per heavy atom. The molecule has 0 aromatic heterocycles. The van der Waals surface area contributed by atoms with Gasteiger partial charge in [0.25, 0.3) is 0 Å². The van der Waals surface area contributed by atoms with Crippen molar-refractivity contribution in [2.24, 2.45) is 0 Å². The summed E-state index contributed by atoms with van der Waals surface area (Å²) >= 11 is 0. The molecule has 0 aromatic carbocycles. The van der Waals surface area contributed by atoms with Crippen molar-refractivity contribution in [2.75, 3.05) is 26.7 Å². The molecule has 9 heavy (non-hydrogen) atoms. The van der Waals surface area contributed by atoms with Crippen LogP contribution < -0.4 is 5.32 Å². The van der Waals surface area contributed by atoms with Crippen molar-refractivity contribution in [3.8, 4) is 0 Å². The summed E-state index contributed by atoms with van der Waals surface area (Å²) in [7, 11) is 2.02. The largest absolute Gasteiger partial charge is 0.318 e. The lowest BCUT2D eigenvalue weighted by molar-refractivity contribution is 0.492. The summed E-state index contributed by atoms with van der Waals surface area (Å²) in [5.41, 5.74) is 0. The molecule has 54 valence electrons. The van der Waals surface area contributed by atoms with Crippen molar-refractivity contribution < 1.29 is 0 Å². The Hall–Kier alpha value is -0.0800. The minimum atomic E-state index is 0.856. The maximum atomic E-state index is 3.18. The van der Waals surface area contributed by atoms with Crippen LogP contribution in [0.5, 0.6) is 0 Å². The lowest BCUT2D eigenvalue weighted by Crippen LogP contribution is -2.17. The van der Waals surface area contributed by atoms with E-state index in [1.165, 1.54) is 26.1 Å². The second kappa shape index (κ2) is 3.18. The van der Waals surface area contributed by atoms with Crippen LogP contribution in [0.2, 0.25) is 0 Å². The van der Waals surface area contributed by atoms with E-state index < -0.39 is 0 Å². The molecule has 1 rings (SSSR count). The van der Waals surface area contributed by atoms with E-state index in [0.717, 1.165) is 6.04 Å². The predicted molar refractivity (Wildman–Crippen MR) is 39.6 cm³/mol. The Balaban J connectivity index is 1.96. The van der Waals surface area contributed by atoms with Crippen LogP contribution in [0.15, 0.2) is 0 Å². The Morgan fingerprint density at radius 2 is 2.44 bits per heavy atom. The van der Waals surface area contributed by atoms with Gasteiger partial charge in [-0.25, -0.2) is 0 Å². The first-order valence-corrected chi connectivity index (χ1v) is 3.77. The van der Waals surface area contributed by atoms with Crippen LogP contribution in [0.25, 0.3) is 0 Å². The van der Waals surface area contributed by atoms with Crippen molar-refractivity contribution in [2.45, 2.75) is 19.4 Å². The standard InChI is InChI=1S/C7H16N2/c1-3-4-9-6-7(9)5-8-2/h7-8H,3-6H2,1-2H3. The van der Waals surface area contributed by atoms with Gasteiger partial charge in [-0.15, -0.1) is 0 Å². The maximum absolute atomic E-state index is 3.18. The van der Waals surface area contributed by atoms with Gasteiger partial charge in [-0.1, -0.05) is 6.92 Å². The highest BCUT2D eigenvalue weighted by Gasteiger charge is 2.31. The number of hydrogen-bond acceptors (Lipinski definition) is 2. The van der Waals surface area contributed by atoms with E-state index in [9.17, 15) is 0 Å². The highest BCUT2D eigenvalue weighted by molar-refractivity contribution is 4.89. The van der Waals surface area contributed by atoms with Crippen molar-refractivity contribution >= 4 is 0 Å². The molecule has 2 nitrogen and oxygen atoms in total. The molecule has 1 heterocycles. The molecule has 2 heteroatoms. The van der Waals surface area contributed by atoms with Crippen LogP contribution in [-0.4, -0.2) is 37.6 Å². The third-order valence-electron chi connectivity index (χ3n) is 1.78. The smallest absolute Gasteiger partial charge is 0.0348 e. The minimum Gasteiger partial charge on any atom is -0.318 e. The zero-order valence-electron chi connectivity index (χ0n) is 6.35. The second-order valence-electron chi connectivity index (χ2n) is 2.71. The average molecular weight is 128 g/mol. The molecular weight excluding hydrogens is 112 g/mol. The molecule has 1 saturated heterocycles. The van der Waals surface area contributed by atoms with Gasteiger partial charge >= 0.3 is 0 Å². The molecule has 0 aliphatic carbocycles. The normalized spacial score (nSPS) is 32.7. The van der Waals surface area contributed by atoms with Crippen LogP contribution in [0.4, 0.5) is 0 Å². The molecule has 2 atom stereocenters. The van der Waals surface area contributed by atoms with Crippen LogP contribution in [0, 0.1) is 0 Å². The first kappa shape index (κ1) is 7.03. The topological polar surface area (TPSA) is 15.0 Å². The van der Waals surface area contributed by atoms with Gasteiger partial charge in [0.15, 0.2) is 0 Å². The van der Waals surface area contributed by atoms with E-state index in [2.05, 4.69) is 17.1 Å². The fraction of sp³-hybridized carbons (Fsp3) is 1.00. The lowest BCUT2D eigenvalue weighted by Gasteiger charge is -1.98. The van der Waals surface area contributed by atoms with Gasteiger partial charge in [0.2, 0.25) is 0 Å². The monoisotopic (exact) mass is 128 g/mol. The van der Waals surface area contributed by atoms with E-state index in [1.54, 1.807) is 0 Å². The summed E-state index contributed by atoms with van der Waals surface area (Å²) in [4.78, 5) is 2.50. The van der Waals surface area contributed by atoms with Gasteiger partial charge in [-0.05, 0) is 20.0 Å². The van der Waals surface area contributed by atoms with E-state index >= 15 is 0 Å². The molecule has 0 aromatic rings. The van der Waals surface area contributed by atoms with Crippen molar-refractivity contribution in [3.05, 3.63) is 0 Å².